The molecule has 10 nitrogen and oxygen atoms in total. The summed E-state index contributed by atoms with van der Waals surface area (Å²) >= 11 is 5.78. The number of aliphatic hydroxyl groups is 5. The number of fused-ring (bicyclic) bond motifs is 2. The maximum Gasteiger partial charge on any atom is 0.338 e. The fraction of sp³-hybridized carbons (Fsp3) is 0.475. The van der Waals surface area contributed by atoms with Gasteiger partial charge < -0.3 is 44.5 Å². The van der Waals surface area contributed by atoms with Crippen LogP contribution in [0.4, 0.5) is 0 Å². The third-order valence-electron chi connectivity index (χ3n) is 10.0. The smallest absolute Gasteiger partial charge is 0.338 e. The third-order valence-corrected chi connectivity index (χ3v) is 10.1. The van der Waals surface area contributed by atoms with Gasteiger partial charge in [0.05, 0.1) is 36.1 Å². The van der Waals surface area contributed by atoms with E-state index in [1.54, 1.807) is 31.2 Å². The fourth-order valence-corrected chi connectivity index (χ4v) is 7.05. The molecule has 5 aliphatic rings. The van der Waals surface area contributed by atoms with Gasteiger partial charge in [-0.25, -0.2) is 4.79 Å². The van der Waals surface area contributed by atoms with Gasteiger partial charge in [-0.05, 0) is 80.1 Å². The van der Waals surface area contributed by atoms with E-state index in [0.29, 0.717) is 29.9 Å². The van der Waals surface area contributed by atoms with Crippen LogP contribution in [-0.2, 0) is 14.2 Å². The average molecular weight is 725 g/mol. The van der Waals surface area contributed by atoms with Gasteiger partial charge in [0.2, 0.25) is 0 Å². The molecule has 0 unspecified atom stereocenters. The molecule has 0 saturated carbocycles. The summed E-state index contributed by atoms with van der Waals surface area (Å²) in [4.78, 5) is 13.5. The largest absolute Gasteiger partial charge is 0.457 e. The van der Waals surface area contributed by atoms with E-state index in [1.807, 2.05) is 43.3 Å². The monoisotopic (exact) mass is 724 g/mol. The molecule has 0 aromatic heterocycles. The predicted octanol–water partition coefficient (Wildman–Crippen LogP) is 5.81. The standard InChI is InChI=1S/C40H49ClO10/c1-23(20-29(42)15-10-24(2)41)21-34-35(44)36-26(4)37(49-34)38(45)40(47)22-32(43)25(3)33(51-40)9-7-5-6-8-27-11-16-30(17-12-27)48-31-18-13-28(14-19-31)39(46)50-36/h6,8,10-19,25-26,29,32-38,42-45,47H,1-2,5,7,9,20-22H2,3-4H3/b8-6-,15-10+/t25-,26-,29-,32+,33-,34-,35-,36-,37-,38+,40-/m1/s1. The molecule has 5 aliphatic heterocycles. The lowest BCUT2D eigenvalue weighted by atomic mass is 9.78. The van der Waals surface area contributed by atoms with Gasteiger partial charge in [0.25, 0.3) is 0 Å². The Bertz CT molecular complexity index is 1570. The average Bonchev–Trinajstić information content (AvgIpc) is 3.09. The number of aliphatic hydroxyl groups excluding tert-OH is 4. The maximum absolute atomic E-state index is 13.5. The number of hydrogen-bond donors (Lipinski definition) is 5. The van der Waals surface area contributed by atoms with Crippen LogP contribution in [0.15, 0.2) is 90.5 Å². The molecule has 2 aromatic rings. The zero-order chi connectivity index (χ0) is 36.9. The van der Waals surface area contributed by atoms with Crippen LogP contribution in [0, 0.1) is 11.8 Å². The Morgan fingerprint density at radius 1 is 1.02 bits per heavy atom. The molecule has 0 radical (unpaired) electrons. The lowest BCUT2D eigenvalue weighted by Crippen LogP contribution is -2.65. The highest BCUT2D eigenvalue weighted by Gasteiger charge is 2.56. The van der Waals surface area contributed by atoms with Gasteiger partial charge >= 0.3 is 5.97 Å². The van der Waals surface area contributed by atoms with Crippen LogP contribution < -0.4 is 4.74 Å². The molecule has 2 fully saturated rings. The molecule has 7 rings (SSSR count). The van der Waals surface area contributed by atoms with Crippen molar-refractivity contribution in [3.8, 4) is 11.5 Å². The first-order valence-electron chi connectivity index (χ1n) is 17.5. The maximum atomic E-state index is 13.5. The van der Waals surface area contributed by atoms with Crippen molar-refractivity contribution in [3.63, 3.8) is 0 Å². The predicted molar refractivity (Wildman–Crippen MR) is 193 cm³/mol. The summed E-state index contributed by atoms with van der Waals surface area (Å²) in [7, 11) is 0. The van der Waals surface area contributed by atoms with E-state index in [4.69, 9.17) is 30.5 Å². The van der Waals surface area contributed by atoms with E-state index >= 15 is 0 Å². The van der Waals surface area contributed by atoms with Crippen molar-refractivity contribution >= 4 is 23.6 Å². The zero-order valence-corrected chi connectivity index (χ0v) is 29.8. The molecule has 5 N–H and O–H groups in total. The number of ether oxygens (including phenoxy) is 4. The lowest BCUT2D eigenvalue weighted by Gasteiger charge is -2.51. The molecule has 11 atom stereocenters. The summed E-state index contributed by atoms with van der Waals surface area (Å²) in [6, 6.07) is 14.0. The number of carbonyl (C=O) groups is 1. The van der Waals surface area contributed by atoms with Crippen molar-refractivity contribution in [1.82, 2.24) is 0 Å². The number of allylic oxidation sites excluding steroid dienone is 3. The van der Waals surface area contributed by atoms with Gasteiger partial charge in [0, 0.05) is 23.3 Å². The van der Waals surface area contributed by atoms with E-state index in [1.165, 1.54) is 12.2 Å². The summed E-state index contributed by atoms with van der Waals surface area (Å²) in [6.07, 6.45) is -0.257. The summed E-state index contributed by atoms with van der Waals surface area (Å²) in [5, 5.41) is 57.1. The minimum absolute atomic E-state index is 0.0276. The molecule has 11 heteroatoms. The molecule has 276 valence electrons. The SMILES string of the molecule is C=C(Cl)/C=C/[C@@H](O)CC(=C)C[C@H]1O[C@@H]2[C@H](C)[C@@H](OC(=O)c3ccc(cc3)Oc3ccc(cc3)/C=C\CCC[C@H]3O[C@](O)(C[C@H](O)[C@H]3C)[C@H]2O)[C@@H]1O. The van der Waals surface area contributed by atoms with Crippen molar-refractivity contribution in [2.24, 2.45) is 11.8 Å². The Morgan fingerprint density at radius 2 is 1.69 bits per heavy atom. The van der Waals surface area contributed by atoms with Crippen LogP contribution in [0.1, 0.15) is 68.3 Å². The van der Waals surface area contributed by atoms with Gasteiger partial charge in [-0.1, -0.05) is 74.5 Å². The highest BCUT2D eigenvalue weighted by Crippen LogP contribution is 2.41. The molecule has 5 heterocycles. The van der Waals surface area contributed by atoms with E-state index in [9.17, 15) is 30.3 Å². The van der Waals surface area contributed by atoms with Crippen molar-refractivity contribution in [2.75, 3.05) is 0 Å². The first-order valence-corrected chi connectivity index (χ1v) is 17.8. The highest BCUT2D eigenvalue weighted by molar-refractivity contribution is 6.30. The lowest BCUT2D eigenvalue weighted by molar-refractivity contribution is -0.350. The van der Waals surface area contributed by atoms with Crippen molar-refractivity contribution < 1.29 is 49.3 Å². The van der Waals surface area contributed by atoms with E-state index in [-0.39, 0.29) is 35.8 Å². The molecular weight excluding hydrogens is 676 g/mol. The van der Waals surface area contributed by atoms with Crippen LogP contribution in [0.25, 0.3) is 6.08 Å². The van der Waals surface area contributed by atoms with Crippen LogP contribution in [0.2, 0.25) is 0 Å². The molecule has 51 heavy (non-hydrogen) atoms. The first-order chi connectivity index (χ1) is 24.2. The first kappa shape index (κ1) is 38.9. The van der Waals surface area contributed by atoms with E-state index < -0.39 is 66.5 Å². The Morgan fingerprint density at radius 3 is 2.35 bits per heavy atom. The van der Waals surface area contributed by atoms with Crippen molar-refractivity contribution in [2.45, 2.75) is 107 Å². The Kier molecular flexibility index (Phi) is 13.0. The van der Waals surface area contributed by atoms with E-state index in [0.717, 1.165) is 12.0 Å². The van der Waals surface area contributed by atoms with E-state index in [2.05, 4.69) is 13.2 Å². The summed E-state index contributed by atoms with van der Waals surface area (Å²) < 4.78 is 24.4. The number of carbonyl (C=O) groups excluding carboxylic acids is 1. The summed E-state index contributed by atoms with van der Waals surface area (Å²) in [6.45, 7) is 11.1. The molecule has 0 spiro atoms. The molecule has 0 amide bonds. The van der Waals surface area contributed by atoms with Gasteiger partial charge in [-0.3, -0.25) is 0 Å². The Labute approximate surface area is 304 Å². The van der Waals surface area contributed by atoms with Crippen LogP contribution in [0.5, 0.6) is 11.5 Å². The highest BCUT2D eigenvalue weighted by atomic mass is 35.5. The number of benzene rings is 2. The van der Waals surface area contributed by atoms with Crippen LogP contribution >= 0.6 is 11.6 Å². The third kappa shape index (κ3) is 9.77. The Balaban J connectivity index is 1.45. The second kappa shape index (κ2) is 17.0. The van der Waals surface area contributed by atoms with Gasteiger partial charge in [-0.15, -0.1) is 0 Å². The topological polar surface area (TPSA) is 155 Å². The van der Waals surface area contributed by atoms with Gasteiger partial charge in [-0.2, -0.15) is 0 Å². The second-order valence-electron chi connectivity index (χ2n) is 14.0. The quantitative estimate of drug-likeness (QED) is 0.140. The normalized spacial score (nSPS) is 34.4. The van der Waals surface area contributed by atoms with Gasteiger partial charge in [0.1, 0.15) is 29.8 Å². The Hall–Kier alpha value is -3.32. The summed E-state index contributed by atoms with van der Waals surface area (Å²) in [5.41, 5.74) is 1.70. The molecule has 2 aromatic carbocycles. The molecule has 8 bridgehead atoms. The van der Waals surface area contributed by atoms with Crippen molar-refractivity contribution in [1.29, 1.82) is 0 Å². The molecular formula is C40H49ClO10. The fourth-order valence-electron chi connectivity index (χ4n) is 6.98. The molecule has 2 saturated heterocycles. The van der Waals surface area contributed by atoms with Crippen LogP contribution in [-0.4, -0.2) is 86.1 Å². The number of halogens is 1. The van der Waals surface area contributed by atoms with Crippen molar-refractivity contribution in [3.05, 3.63) is 102 Å². The minimum Gasteiger partial charge on any atom is -0.457 e. The zero-order valence-electron chi connectivity index (χ0n) is 29.0. The summed E-state index contributed by atoms with van der Waals surface area (Å²) in [5.74, 6) is -2.95. The second-order valence-corrected chi connectivity index (χ2v) is 14.5. The minimum atomic E-state index is -2.21. The number of esters is 1. The number of hydrogen-bond acceptors (Lipinski definition) is 10. The number of rotatable bonds is 6. The molecule has 0 aliphatic carbocycles. The van der Waals surface area contributed by atoms with Gasteiger partial charge in [0.15, 0.2) is 5.79 Å². The van der Waals surface area contributed by atoms with Crippen LogP contribution in [0.3, 0.4) is 0 Å².